The molecule has 0 saturated heterocycles. The number of aliphatic hydroxyl groups is 1. The highest BCUT2D eigenvalue weighted by atomic mass is 16.3. The van der Waals surface area contributed by atoms with E-state index in [0.717, 1.165) is 18.4 Å². The van der Waals surface area contributed by atoms with E-state index in [0.29, 0.717) is 17.9 Å². The molecule has 1 heterocycles. The minimum Gasteiger partial charge on any atom is -0.370 e. The SMILES string of the molecule is CC1(C)[C@@H]2CC[C@@]1(C)[C@@](O)(NC(=O)c1cnc3ccccc3n1)C2. The molecule has 1 aromatic carbocycles. The van der Waals surface area contributed by atoms with Crippen LogP contribution >= 0.6 is 0 Å². The highest BCUT2D eigenvalue weighted by Gasteiger charge is 2.69. The predicted octanol–water partition coefficient (Wildman–Crippen LogP) is 2.89. The number of rotatable bonds is 2. The van der Waals surface area contributed by atoms with Crippen molar-refractivity contribution in [3.05, 3.63) is 36.2 Å². The van der Waals surface area contributed by atoms with E-state index in [2.05, 4.69) is 36.1 Å². The number of fused-ring (bicyclic) bond motifs is 3. The molecule has 2 fully saturated rings. The van der Waals surface area contributed by atoms with Crippen LogP contribution in [-0.4, -0.2) is 26.7 Å². The summed E-state index contributed by atoms with van der Waals surface area (Å²) < 4.78 is 0. The summed E-state index contributed by atoms with van der Waals surface area (Å²) in [4.78, 5) is 21.4. The van der Waals surface area contributed by atoms with E-state index in [1.807, 2.05) is 24.3 Å². The quantitative estimate of drug-likeness (QED) is 0.833. The molecule has 4 rings (SSSR count). The third-order valence-corrected chi connectivity index (χ3v) is 6.89. The molecule has 0 radical (unpaired) electrons. The van der Waals surface area contributed by atoms with Gasteiger partial charge in [0.15, 0.2) is 0 Å². The Labute approximate surface area is 141 Å². The van der Waals surface area contributed by atoms with Gasteiger partial charge in [-0.05, 0) is 42.7 Å². The van der Waals surface area contributed by atoms with Crippen LogP contribution in [0, 0.1) is 16.7 Å². The van der Waals surface area contributed by atoms with Crippen LogP contribution in [0.4, 0.5) is 0 Å². The summed E-state index contributed by atoms with van der Waals surface area (Å²) in [5, 5.41) is 14.1. The molecular formula is C19H23N3O2. The molecule has 2 aliphatic rings. The minimum absolute atomic E-state index is 0.00406. The Bertz CT molecular complexity index is 834. The van der Waals surface area contributed by atoms with Crippen LogP contribution in [0.15, 0.2) is 30.5 Å². The zero-order chi connectivity index (χ0) is 17.2. The van der Waals surface area contributed by atoms with E-state index in [9.17, 15) is 9.90 Å². The molecule has 2 aliphatic carbocycles. The van der Waals surface area contributed by atoms with Gasteiger partial charge in [0, 0.05) is 5.41 Å². The van der Waals surface area contributed by atoms with Gasteiger partial charge in [-0.25, -0.2) is 4.98 Å². The van der Waals surface area contributed by atoms with Crippen molar-refractivity contribution >= 4 is 16.9 Å². The van der Waals surface area contributed by atoms with E-state index >= 15 is 0 Å². The highest BCUT2D eigenvalue weighted by molar-refractivity contribution is 5.94. The summed E-state index contributed by atoms with van der Waals surface area (Å²) in [6.45, 7) is 6.49. The van der Waals surface area contributed by atoms with Crippen molar-refractivity contribution in [3.8, 4) is 0 Å². The van der Waals surface area contributed by atoms with Crippen molar-refractivity contribution in [1.82, 2.24) is 15.3 Å². The molecule has 126 valence electrons. The number of nitrogens with one attached hydrogen (secondary N) is 1. The monoisotopic (exact) mass is 325 g/mol. The van der Waals surface area contributed by atoms with Crippen LogP contribution in [0.2, 0.25) is 0 Å². The van der Waals surface area contributed by atoms with Crippen LogP contribution in [0.1, 0.15) is 50.5 Å². The number of carbonyl (C=O) groups excluding carboxylic acids is 1. The summed E-state index contributed by atoms with van der Waals surface area (Å²) in [6.07, 6.45) is 4.10. The Morgan fingerprint density at radius 1 is 1.25 bits per heavy atom. The highest BCUT2D eigenvalue weighted by Crippen LogP contribution is 2.68. The van der Waals surface area contributed by atoms with Crippen molar-refractivity contribution in [3.63, 3.8) is 0 Å². The van der Waals surface area contributed by atoms with Gasteiger partial charge in [0.25, 0.3) is 5.91 Å². The van der Waals surface area contributed by atoms with E-state index in [1.54, 1.807) is 0 Å². The molecule has 2 saturated carbocycles. The Morgan fingerprint density at radius 2 is 1.96 bits per heavy atom. The van der Waals surface area contributed by atoms with E-state index in [-0.39, 0.29) is 22.4 Å². The molecule has 0 unspecified atom stereocenters. The maximum Gasteiger partial charge on any atom is 0.273 e. The Hall–Kier alpha value is -2.01. The molecule has 2 bridgehead atoms. The third-order valence-electron chi connectivity index (χ3n) is 6.89. The maximum atomic E-state index is 12.7. The second kappa shape index (κ2) is 4.76. The van der Waals surface area contributed by atoms with Crippen molar-refractivity contribution < 1.29 is 9.90 Å². The first-order valence-electron chi connectivity index (χ1n) is 8.54. The minimum atomic E-state index is -1.19. The number of benzene rings is 1. The standard InChI is InChI=1S/C19H23N3O2/c1-17(2)12-8-9-18(17,3)19(24,10-12)22-16(23)15-11-20-13-6-4-5-7-14(13)21-15/h4-7,11-12,24H,8-10H2,1-3H3,(H,22,23)/t12-,18-,19-/m1/s1. The van der Waals surface area contributed by atoms with Crippen molar-refractivity contribution in [2.24, 2.45) is 16.7 Å². The molecular weight excluding hydrogens is 302 g/mol. The lowest BCUT2D eigenvalue weighted by molar-refractivity contribution is -0.106. The fraction of sp³-hybridized carbons (Fsp3) is 0.526. The van der Waals surface area contributed by atoms with Gasteiger partial charge in [-0.15, -0.1) is 0 Å². The summed E-state index contributed by atoms with van der Waals surface area (Å²) in [5.74, 6) is 0.0656. The summed E-state index contributed by atoms with van der Waals surface area (Å²) in [7, 11) is 0. The fourth-order valence-electron chi connectivity index (χ4n) is 4.78. The molecule has 5 heteroatoms. The normalized spacial score (nSPS) is 33.8. The average Bonchev–Trinajstić information content (AvgIpc) is 2.86. The average molecular weight is 325 g/mol. The molecule has 0 aliphatic heterocycles. The van der Waals surface area contributed by atoms with Crippen LogP contribution < -0.4 is 5.32 Å². The van der Waals surface area contributed by atoms with Gasteiger partial charge in [-0.2, -0.15) is 0 Å². The molecule has 2 aromatic rings. The number of hydrogen-bond donors (Lipinski definition) is 2. The van der Waals surface area contributed by atoms with Gasteiger partial charge in [0.1, 0.15) is 11.4 Å². The lowest BCUT2D eigenvalue weighted by Gasteiger charge is -2.45. The number of nitrogens with zero attached hydrogens (tertiary/aromatic N) is 2. The van der Waals surface area contributed by atoms with Gasteiger partial charge < -0.3 is 10.4 Å². The smallest absolute Gasteiger partial charge is 0.273 e. The Morgan fingerprint density at radius 3 is 2.58 bits per heavy atom. The number of hydrogen-bond acceptors (Lipinski definition) is 4. The zero-order valence-electron chi connectivity index (χ0n) is 14.3. The largest absolute Gasteiger partial charge is 0.370 e. The Kier molecular flexibility index (Phi) is 3.08. The van der Waals surface area contributed by atoms with Gasteiger partial charge in [-0.1, -0.05) is 32.9 Å². The molecule has 3 atom stereocenters. The summed E-state index contributed by atoms with van der Waals surface area (Å²) in [5.41, 5.74) is 0.155. The molecule has 2 N–H and O–H groups in total. The van der Waals surface area contributed by atoms with Crippen LogP contribution in [0.5, 0.6) is 0 Å². The van der Waals surface area contributed by atoms with Crippen molar-refractivity contribution in [1.29, 1.82) is 0 Å². The van der Waals surface area contributed by atoms with Crippen molar-refractivity contribution in [2.75, 3.05) is 0 Å². The van der Waals surface area contributed by atoms with Gasteiger partial charge in [0.2, 0.25) is 0 Å². The van der Waals surface area contributed by atoms with Crippen LogP contribution in [-0.2, 0) is 0 Å². The zero-order valence-corrected chi connectivity index (χ0v) is 14.3. The van der Waals surface area contributed by atoms with E-state index in [4.69, 9.17) is 0 Å². The molecule has 24 heavy (non-hydrogen) atoms. The summed E-state index contributed by atoms with van der Waals surface area (Å²) in [6, 6.07) is 7.44. The first-order chi connectivity index (χ1) is 11.3. The second-order valence-electron chi connectivity index (χ2n) is 8.05. The fourth-order valence-corrected chi connectivity index (χ4v) is 4.78. The lowest BCUT2D eigenvalue weighted by atomic mass is 9.67. The second-order valence-corrected chi connectivity index (χ2v) is 8.05. The number of amides is 1. The van der Waals surface area contributed by atoms with E-state index < -0.39 is 5.72 Å². The molecule has 1 aromatic heterocycles. The van der Waals surface area contributed by atoms with Gasteiger partial charge in [-0.3, -0.25) is 9.78 Å². The number of carbonyl (C=O) groups is 1. The number of para-hydroxylation sites is 2. The Balaban J connectivity index is 1.64. The van der Waals surface area contributed by atoms with E-state index in [1.165, 1.54) is 6.20 Å². The molecule has 5 nitrogen and oxygen atoms in total. The summed E-state index contributed by atoms with van der Waals surface area (Å²) >= 11 is 0. The molecule has 1 amide bonds. The first-order valence-corrected chi connectivity index (χ1v) is 8.54. The third kappa shape index (κ3) is 1.88. The number of aromatic nitrogens is 2. The first kappa shape index (κ1) is 15.5. The topological polar surface area (TPSA) is 75.1 Å². The van der Waals surface area contributed by atoms with Crippen LogP contribution in [0.3, 0.4) is 0 Å². The maximum absolute atomic E-state index is 12.7. The van der Waals surface area contributed by atoms with Gasteiger partial charge in [0.05, 0.1) is 17.2 Å². The van der Waals surface area contributed by atoms with Gasteiger partial charge >= 0.3 is 0 Å². The van der Waals surface area contributed by atoms with Crippen LogP contribution in [0.25, 0.3) is 11.0 Å². The predicted molar refractivity (Wildman–Crippen MR) is 91.2 cm³/mol. The molecule has 0 spiro atoms. The lowest BCUT2D eigenvalue weighted by Crippen LogP contribution is -2.59. The van der Waals surface area contributed by atoms with Crippen molar-refractivity contribution in [2.45, 2.75) is 45.8 Å².